The van der Waals surface area contributed by atoms with Gasteiger partial charge < -0.3 is 15.8 Å². The molecule has 1 atom stereocenters. The van der Waals surface area contributed by atoms with E-state index in [1.54, 1.807) is 43.3 Å². The summed E-state index contributed by atoms with van der Waals surface area (Å²) in [5, 5.41) is 3.13. The van der Waals surface area contributed by atoms with Crippen LogP contribution in [0.4, 0.5) is 11.4 Å². The van der Waals surface area contributed by atoms with Gasteiger partial charge in [0.05, 0.1) is 21.3 Å². The van der Waals surface area contributed by atoms with Gasteiger partial charge in [0.15, 0.2) is 6.10 Å². The molecule has 2 aromatic carbocycles. The molecule has 7 heteroatoms. The van der Waals surface area contributed by atoms with E-state index in [-0.39, 0.29) is 21.3 Å². The highest BCUT2D eigenvalue weighted by Crippen LogP contribution is 2.30. The highest BCUT2D eigenvalue weighted by molar-refractivity contribution is 6.39. The van der Waals surface area contributed by atoms with E-state index < -0.39 is 18.0 Å². The number of para-hydroxylation sites is 2. The van der Waals surface area contributed by atoms with E-state index in [1.165, 1.54) is 6.92 Å². The largest absolute Gasteiger partial charge is 0.449 e. The third-order valence-electron chi connectivity index (χ3n) is 3.41. The fourth-order valence-electron chi connectivity index (χ4n) is 1.98. The maximum atomic E-state index is 12.2. The Balaban J connectivity index is 2.09. The Bertz CT molecular complexity index is 773. The van der Waals surface area contributed by atoms with Crippen LogP contribution in [0.3, 0.4) is 0 Å². The van der Waals surface area contributed by atoms with Gasteiger partial charge in [-0.05, 0) is 37.6 Å². The summed E-state index contributed by atoms with van der Waals surface area (Å²) in [4.78, 5) is 24.4. The number of aryl methyl sites for hydroxylation is 1. The molecule has 0 radical (unpaired) electrons. The lowest BCUT2D eigenvalue weighted by atomic mass is 10.1. The number of nitrogen functional groups attached to an aromatic ring is 1. The molecule has 0 aliphatic heterocycles. The number of hydrogen-bond donors (Lipinski definition) is 2. The SMILES string of the molecule is Cc1cccc(C(=O)O[C@H](C)C(=O)Nc2c(Cl)cccc2Cl)c1N. The molecular weight excluding hydrogens is 351 g/mol. The van der Waals surface area contributed by atoms with Crippen LogP contribution >= 0.6 is 23.2 Å². The van der Waals surface area contributed by atoms with Crippen molar-refractivity contribution >= 4 is 46.5 Å². The number of nitrogens with one attached hydrogen (secondary N) is 1. The zero-order valence-electron chi connectivity index (χ0n) is 13.1. The Morgan fingerprint density at radius 2 is 1.71 bits per heavy atom. The van der Waals surface area contributed by atoms with E-state index in [4.69, 9.17) is 33.7 Å². The van der Waals surface area contributed by atoms with Gasteiger partial charge in [0.1, 0.15) is 0 Å². The normalized spacial score (nSPS) is 11.7. The van der Waals surface area contributed by atoms with E-state index >= 15 is 0 Å². The second-order valence-electron chi connectivity index (χ2n) is 5.17. The molecule has 0 aliphatic rings. The molecule has 0 saturated carbocycles. The lowest BCUT2D eigenvalue weighted by Gasteiger charge is -2.16. The number of halogens is 2. The summed E-state index contributed by atoms with van der Waals surface area (Å²) in [6.07, 6.45) is -1.05. The van der Waals surface area contributed by atoms with Gasteiger partial charge in [0.2, 0.25) is 0 Å². The van der Waals surface area contributed by atoms with Crippen molar-refractivity contribution in [2.75, 3.05) is 11.1 Å². The van der Waals surface area contributed by atoms with E-state index in [0.29, 0.717) is 5.69 Å². The lowest BCUT2D eigenvalue weighted by molar-refractivity contribution is -0.123. The number of esters is 1. The summed E-state index contributed by atoms with van der Waals surface area (Å²) in [7, 11) is 0. The Hall–Kier alpha value is -2.24. The second-order valence-corrected chi connectivity index (χ2v) is 5.98. The zero-order chi connectivity index (χ0) is 17.9. The molecule has 24 heavy (non-hydrogen) atoms. The van der Waals surface area contributed by atoms with Gasteiger partial charge in [-0.25, -0.2) is 4.79 Å². The molecule has 0 unspecified atom stereocenters. The van der Waals surface area contributed by atoms with Crippen molar-refractivity contribution in [3.05, 3.63) is 57.6 Å². The number of ether oxygens (including phenoxy) is 1. The van der Waals surface area contributed by atoms with Crippen LogP contribution in [-0.2, 0) is 9.53 Å². The fraction of sp³-hybridized carbons (Fsp3) is 0.176. The molecule has 0 heterocycles. The maximum Gasteiger partial charge on any atom is 0.341 e. The summed E-state index contributed by atoms with van der Waals surface area (Å²) in [5.41, 5.74) is 7.42. The third-order valence-corrected chi connectivity index (χ3v) is 4.04. The summed E-state index contributed by atoms with van der Waals surface area (Å²) in [6.45, 7) is 3.23. The molecule has 0 saturated heterocycles. The number of carbonyl (C=O) groups is 2. The van der Waals surface area contributed by atoms with Crippen LogP contribution < -0.4 is 11.1 Å². The Kier molecular flexibility index (Phi) is 5.70. The number of hydrogen-bond acceptors (Lipinski definition) is 4. The van der Waals surface area contributed by atoms with E-state index in [0.717, 1.165) is 5.56 Å². The van der Waals surface area contributed by atoms with Crippen LogP contribution in [0, 0.1) is 6.92 Å². The monoisotopic (exact) mass is 366 g/mol. The minimum absolute atomic E-state index is 0.213. The highest BCUT2D eigenvalue weighted by Gasteiger charge is 2.22. The summed E-state index contributed by atoms with van der Waals surface area (Å²) < 4.78 is 5.17. The number of carbonyl (C=O) groups excluding carboxylic acids is 2. The molecular formula is C17H16Cl2N2O3. The first-order valence-electron chi connectivity index (χ1n) is 7.12. The average Bonchev–Trinajstić information content (AvgIpc) is 2.53. The second kappa shape index (κ2) is 7.55. The van der Waals surface area contributed by atoms with Gasteiger partial charge >= 0.3 is 5.97 Å². The molecule has 0 aromatic heterocycles. The van der Waals surface area contributed by atoms with Crippen molar-refractivity contribution < 1.29 is 14.3 Å². The zero-order valence-corrected chi connectivity index (χ0v) is 14.6. The van der Waals surface area contributed by atoms with Crippen molar-refractivity contribution in [1.82, 2.24) is 0 Å². The molecule has 5 nitrogen and oxygen atoms in total. The Labute approximate surface area is 149 Å². The van der Waals surface area contributed by atoms with Crippen LogP contribution in [0.1, 0.15) is 22.8 Å². The van der Waals surface area contributed by atoms with Gasteiger partial charge in [-0.3, -0.25) is 4.79 Å². The molecule has 126 valence electrons. The van der Waals surface area contributed by atoms with Crippen LogP contribution in [0.5, 0.6) is 0 Å². The van der Waals surface area contributed by atoms with Gasteiger partial charge in [-0.1, -0.05) is 41.4 Å². The highest BCUT2D eigenvalue weighted by atomic mass is 35.5. The number of benzene rings is 2. The van der Waals surface area contributed by atoms with E-state index in [9.17, 15) is 9.59 Å². The first-order valence-corrected chi connectivity index (χ1v) is 7.87. The molecule has 2 rings (SSSR count). The minimum atomic E-state index is -1.05. The molecule has 0 bridgehead atoms. The summed E-state index contributed by atoms with van der Waals surface area (Å²) >= 11 is 12.0. The fourth-order valence-corrected chi connectivity index (χ4v) is 2.47. The Morgan fingerprint density at radius 1 is 1.12 bits per heavy atom. The topological polar surface area (TPSA) is 81.4 Å². The van der Waals surface area contributed by atoms with Crippen LogP contribution in [0.15, 0.2) is 36.4 Å². The lowest BCUT2D eigenvalue weighted by Crippen LogP contribution is -2.30. The molecule has 0 fully saturated rings. The van der Waals surface area contributed by atoms with Gasteiger partial charge in [-0.2, -0.15) is 0 Å². The third kappa shape index (κ3) is 3.99. The molecule has 1 amide bonds. The average molecular weight is 367 g/mol. The first-order chi connectivity index (χ1) is 11.3. The van der Waals surface area contributed by atoms with Gasteiger partial charge in [0, 0.05) is 5.69 Å². The van der Waals surface area contributed by atoms with Crippen molar-refractivity contribution in [2.24, 2.45) is 0 Å². The predicted octanol–water partition coefficient (Wildman–Crippen LogP) is 4.07. The number of amides is 1. The van der Waals surface area contributed by atoms with E-state index in [2.05, 4.69) is 5.32 Å². The molecule has 2 aromatic rings. The molecule has 0 aliphatic carbocycles. The first kappa shape index (κ1) is 18.1. The standard InChI is InChI=1S/C17H16Cl2N2O3/c1-9-5-3-6-11(14(9)20)17(23)24-10(2)16(22)21-15-12(18)7-4-8-13(15)19/h3-8,10H,20H2,1-2H3,(H,21,22)/t10-/m1/s1. The quantitative estimate of drug-likeness (QED) is 0.631. The number of anilines is 2. The number of rotatable bonds is 4. The maximum absolute atomic E-state index is 12.2. The van der Waals surface area contributed by atoms with E-state index in [1.807, 2.05) is 0 Å². The summed E-state index contributed by atoms with van der Waals surface area (Å²) in [5.74, 6) is -1.23. The van der Waals surface area contributed by atoms with Crippen molar-refractivity contribution in [1.29, 1.82) is 0 Å². The van der Waals surface area contributed by atoms with Crippen LogP contribution in [-0.4, -0.2) is 18.0 Å². The molecule has 3 N–H and O–H groups in total. The predicted molar refractivity (Wildman–Crippen MR) is 95.6 cm³/mol. The van der Waals surface area contributed by atoms with Crippen molar-refractivity contribution in [3.8, 4) is 0 Å². The van der Waals surface area contributed by atoms with Gasteiger partial charge in [0.25, 0.3) is 5.91 Å². The minimum Gasteiger partial charge on any atom is -0.449 e. The summed E-state index contributed by atoms with van der Waals surface area (Å²) in [6, 6.07) is 9.85. The molecule has 0 spiro atoms. The van der Waals surface area contributed by atoms with Gasteiger partial charge in [-0.15, -0.1) is 0 Å². The Morgan fingerprint density at radius 3 is 2.33 bits per heavy atom. The van der Waals surface area contributed by atoms with Crippen molar-refractivity contribution in [3.63, 3.8) is 0 Å². The number of nitrogens with two attached hydrogens (primary N) is 1. The van der Waals surface area contributed by atoms with Crippen LogP contribution in [0.2, 0.25) is 10.0 Å². The van der Waals surface area contributed by atoms with Crippen molar-refractivity contribution in [2.45, 2.75) is 20.0 Å². The smallest absolute Gasteiger partial charge is 0.341 e. The van der Waals surface area contributed by atoms with Crippen LogP contribution in [0.25, 0.3) is 0 Å².